The van der Waals surface area contributed by atoms with Crippen LogP contribution in [-0.2, 0) is 0 Å². The van der Waals surface area contributed by atoms with Crippen molar-refractivity contribution in [1.82, 2.24) is 4.98 Å². The van der Waals surface area contributed by atoms with Crippen LogP contribution in [0.2, 0.25) is 0 Å². The summed E-state index contributed by atoms with van der Waals surface area (Å²) in [5, 5.41) is 2.12. The van der Waals surface area contributed by atoms with E-state index < -0.39 is 0 Å². The number of hydrogen-bond acceptors (Lipinski definition) is 3. The van der Waals surface area contributed by atoms with Gasteiger partial charge in [0.05, 0.1) is 5.51 Å². The smallest absolute Gasteiger partial charge is 0.139 e. The summed E-state index contributed by atoms with van der Waals surface area (Å²) >= 11 is 1.67. The lowest BCUT2D eigenvalue weighted by molar-refractivity contribution is 0.946. The number of anilines is 1. The summed E-state index contributed by atoms with van der Waals surface area (Å²) in [6, 6.07) is 0. The molecule has 2 nitrogen and oxygen atoms in total. The van der Waals surface area contributed by atoms with E-state index in [0.717, 1.165) is 0 Å². The van der Waals surface area contributed by atoms with Gasteiger partial charge in [-0.2, -0.15) is 0 Å². The van der Waals surface area contributed by atoms with Gasteiger partial charge in [0.1, 0.15) is 5.82 Å². The minimum absolute atomic E-state index is 1.17. The molecule has 0 bridgehead atoms. The Bertz CT molecular complexity index is 189. The van der Waals surface area contributed by atoms with Crippen molar-refractivity contribution in [2.75, 3.05) is 18.0 Å². The number of hydrogen-bond donors (Lipinski definition) is 0. The first-order valence-electron chi connectivity index (χ1n) is 3.60. The molecule has 10 heavy (non-hydrogen) atoms. The first kappa shape index (κ1) is 6.16. The summed E-state index contributed by atoms with van der Waals surface area (Å²) < 4.78 is 0. The summed E-state index contributed by atoms with van der Waals surface area (Å²) in [7, 11) is 0. The maximum atomic E-state index is 4.24. The second-order valence-corrected chi connectivity index (χ2v) is 3.26. The van der Waals surface area contributed by atoms with Crippen LogP contribution >= 0.6 is 11.3 Å². The Balaban J connectivity index is 2.12. The van der Waals surface area contributed by atoms with Crippen molar-refractivity contribution in [3.05, 3.63) is 10.9 Å². The van der Waals surface area contributed by atoms with Crippen LogP contribution in [0.3, 0.4) is 0 Å². The topological polar surface area (TPSA) is 16.1 Å². The molecule has 1 aliphatic heterocycles. The Morgan fingerprint density at radius 1 is 1.40 bits per heavy atom. The van der Waals surface area contributed by atoms with Gasteiger partial charge in [-0.05, 0) is 12.8 Å². The molecule has 0 radical (unpaired) electrons. The van der Waals surface area contributed by atoms with Crippen LogP contribution in [0.15, 0.2) is 10.9 Å². The normalized spacial score (nSPS) is 18.2. The van der Waals surface area contributed by atoms with E-state index in [1.807, 2.05) is 5.51 Å². The SMILES string of the molecule is c1nc(N2CCCC2)cs1. The van der Waals surface area contributed by atoms with E-state index in [0.29, 0.717) is 0 Å². The highest BCUT2D eigenvalue weighted by molar-refractivity contribution is 7.07. The number of thiazole rings is 1. The molecule has 0 unspecified atom stereocenters. The van der Waals surface area contributed by atoms with Gasteiger partial charge in [-0.15, -0.1) is 11.3 Å². The lowest BCUT2D eigenvalue weighted by Crippen LogP contribution is -2.17. The van der Waals surface area contributed by atoms with Gasteiger partial charge in [-0.1, -0.05) is 0 Å². The third kappa shape index (κ3) is 1.01. The summed E-state index contributed by atoms with van der Waals surface area (Å²) in [5.41, 5.74) is 1.90. The Kier molecular flexibility index (Phi) is 1.59. The highest BCUT2D eigenvalue weighted by Gasteiger charge is 2.12. The first-order chi connectivity index (χ1) is 4.97. The molecular weight excluding hydrogens is 144 g/mol. The third-order valence-corrected chi connectivity index (χ3v) is 2.42. The van der Waals surface area contributed by atoms with Crippen molar-refractivity contribution >= 4 is 17.2 Å². The highest BCUT2D eigenvalue weighted by Crippen LogP contribution is 2.18. The molecule has 2 rings (SSSR count). The van der Waals surface area contributed by atoms with Gasteiger partial charge >= 0.3 is 0 Å². The summed E-state index contributed by atoms with van der Waals surface area (Å²) in [4.78, 5) is 6.59. The number of rotatable bonds is 1. The van der Waals surface area contributed by atoms with Crippen molar-refractivity contribution in [2.24, 2.45) is 0 Å². The quantitative estimate of drug-likeness (QED) is 0.612. The maximum Gasteiger partial charge on any atom is 0.139 e. The van der Waals surface area contributed by atoms with Crippen LogP contribution < -0.4 is 4.90 Å². The zero-order valence-corrected chi connectivity index (χ0v) is 6.60. The molecule has 1 aromatic heterocycles. The summed E-state index contributed by atoms with van der Waals surface area (Å²) in [5.74, 6) is 1.17. The monoisotopic (exact) mass is 154 g/mol. The van der Waals surface area contributed by atoms with Gasteiger partial charge in [0.2, 0.25) is 0 Å². The van der Waals surface area contributed by atoms with Gasteiger partial charge in [0, 0.05) is 18.5 Å². The molecule has 1 saturated heterocycles. The fourth-order valence-electron chi connectivity index (χ4n) is 1.31. The van der Waals surface area contributed by atoms with Gasteiger partial charge in [-0.25, -0.2) is 4.98 Å². The molecule has 3 heteroatoms. The highest BCUT2D eigenvalue weighted by atomic mass is 32.1. The Labute approximate surface area is 64.5 Å². The molecule has 0 atom stereocenters. The molecule has 0 N–H and O–H groups in total. The largest absolute Gasteiger partial charge is 0.356 e. The van der Waals surface area contributed by atoms with Crippen molar-refractivity contribution in [1.29, 1.82) is 0 Å². The predicted molar refractivity (Wildman–Crippen MR) is 43.6 cm³/mol. The van der Waals surface area contributed by atoms with Crippen LogP contribution in [0.5, 0.6) is 0 Å². The molecule has 0 aromatic carbocycles. The van der Waals surface area contributed by atoms with Crippen molar-refractivity contribution in [3.63, 3.8) is 0 Å². The molecule has 1 aliphatic rings. The van der Waals surface area contributed by atoms with Crippen LogP contribution in [0.4, 0.5) is 5.82 Å². The minimum atomic E-state index is 1.17. The van der Waals surface area contributed by atoms with Crippen LogP contribution in [0.25, 0.3) is 0 Å². The van der Waals surface area contributed by atoms with Crippen LogP contribution in [-0.4, -0.2) is 18.1 Å². The fraction of sp³-hybridized carbons (Fsp3) is 0.571. The average molecular weight is 154 g/mol. The standard InChI is InChI=1S/C7H10N2S/c1-2-4-9(3-1)7-5-10-6-8-7/h5-6H,1-4H2. The van der Waals surface area contributed by atoms with Gasteiger partial charge in [-0.3, -0.25) is 0 Å². The zero-order valence-electron chi connectivity index (χ0n) is 5.79. The van der Waals surface area contributed by atoms with E-state index >= 15 is 0 Å². The molecular formula is C7H10N2S. The van der Waals surface area contributed by atoms with Crippen molar-refractivity contribution < 1.29 is 0 Å². The lowest BCUT2D eigenvalue weighted by atomic mass is 10.4. The zero-order chi connectivity index (χ0) is 6.81. The van der Waals surface area contributed by atoms with Gasteiger partial charge < -0.3 is 4.90 Å². The minimum Gasteiger partial charge on any atom is -0.356 e. The van der Waals surface area contributed by atoms with Crippen molar-refractivity contribution in [2.45, 2.75) is 12.8 Å². The first-order valence-corrected chi connectivity index (χ1v) is 4.54. The van der Waals surface area contributed by atoms with E-state index in [1.54, 1.807) is 11.3 Å². The van der Waals surface area contributed by atoms with Gasteiger partial charge in [0.25, 0.3) is 0 Å². The molecule has 1 aromatic rings. The van der Waals surface area contributed by atoms with Gasteiger partial charge in [0.15, 0.2) is 0 Å². The summed E-state index contributed by atoms with van der Waals surface area (Å²) in [6.45, 7) is 2.40. The predicted octanol–water partition coefficient (Wildman–Crippen LogP) is 1.74. The Hall–Kier alpha value is -0.570. The molecule has 0 amide bonds. The van der Waals surface area contributed by atoms with E-state index in [4.69, 9.17) is 0 Å². The average Bonchev–Trinajstić information content (AvgIpc) is 2.59. The van der Waals surface area contributed by atoms with E-state index in [2.05, 4.69) is 15.3 Å². The Morgan fingerprint density at radius 3 is 2.80 bits per heavy atom. The third-order valence-electron chi connectivity index (χ3n) is 1.85. The summed E-state index contributed by atoms with van der Waals surface area (Å²) in [6.07, 6.45) is 2.66. The lowest BCUT2D eigenvalue weighted by Gasteiger charge is -2.12. The Morgan fingerprint density at radius 2 is 2.20 bits per heavy atom. The van der Waals surface area contributed by atoms with E-state index in [1.165, 1.54) is 31.7 Å². The second kappa shape index (κ2) is 2.58. The van der Waals surface area contributed by atoms with E-state index in [9.17, 15) is 0 Å². The maximum absolute atomic E-state index is 4.24. The second-order valence-electron chi connectivity index (χ2n) is 2.54. The molecule has 0 aliphatic carbocycles. The number of aromatic nitrogens is 1. The molecule has 54 valence electrons. The number of nitrogens with zero attached hydrogens (tertiary/aromatic N) is 2. The van der Waals surface area contributed by atoms with Crippen LogP contribution in [0, 0.1) is 0 Å². The van der Waals surface area contributed by atoms with Crippen molar-refractivity contribution in [3.8, 4) is 0 Å². The molecule has 2 heterocycles. The van der Waals surface area contributed by atoms with E-state index in [-0.39, 0.29) is 0 Å². The molecule has 0 spiro atoms. The fourth-order valence-corrected chi connectivity index (χ4v) is 1.87. The molecule has 1 fully saturated rings. The molecule has 0 saturated carbocycles. The van der Waals surface area contributed by atoms with Crippen LogP contribution in [0.1, 0.15) is 12.8 Å².